The van der Waals surface area contributed by atoms with Crippen LogP contribution in [0.25, 0.3) is 5.69 Å². The van der Waals surface area contributed by atoms with Crippen molar-refractivity contribution in [2.24, 2.45) is 0 Å². The van der Waals surface area contributed by atoms with Crippen molar-refractivity contribution in [1.82, 2.24) is 9.55 Å². The molecule has 0 aromatic carbocycles. The smallest absolute Gasteiger partial charge is 0.151 e. The maximum atomic E-state index is 10.9. The third kappa shape index (κ3) is 1.65. The molecule has 0 unspecified atom stereocenters. The first-order valence-corrected chi connectivity index (χ1v) is 5.19. The van der Waals surface area contributed by atoms with Gasteiger partial charge in [0, 0.05) is 23.1 Å². The lowest BCUT2D eigenvalue weighted by atomic mass is 10.2. The van der Waals surface area contributed by atoms with E-state index in [1.54, 1.807) is 0 Å². The van der Waals surface area contributed by atoms with Crippen LogP contribution in [0.3, 0.4) is 0 Å². The van der Waals surface area contributed by atoms with E-state index in [2.05, 4.69) is 11.1 Å². The molecule has 0 amide bonds. The van der Waals surface area contributed by atoms with Gasteiger partial charge in [0.25, 0.3) is 0 Å². The highest BCUT2D eigenvalue weighted by Gasteiger charge is 2.09. The van der Waals surface area contributed by atoms with Crippen molar-refractivity contribution in [3.8, 4) is 5.69 Å². The molecule has 2 rings (SSSR count). The van der Waals surface area contributed by atoms with Crippen LogP contribution in [-0.2, 0) is 0 Å². The second kappa shape index (κ2) is 3.93. The van der Waals surface area contributed by atoms with Crippen LogP contribution in [0, 0.1) is 20.8 Å². The summed E-state index contributed by atoms with van der Waals surface area (Å²) in [7, 11) is 0. The summed E-state index contributed by atoms with van der Waals surface area (Å²) < 4.78 is 2.05. The second-order valence-corrected chi connectivity index (χ2v) is 4.00. The molecule has 0 aliphatic heterocycles. The number of aryl methyl sites for hydroxylation is 2. The molecule has 0 atom stereocenters. The summed E-state index contributed by atoms with van der Waals surface area (Å²) in [6.07, 6.45) is 4.52. The molecule has 0 saturated heterocycles. The van der Waals surface area contributed by atoms with Gasteiger partial charge in [0.05, 0.1) is 11.9 Å². The van der Waals surface area contributed by atoms with Crippen LogP contribution in [0.2, 0.25) is 0 Å². The number of hydrogen-bond acceptors (Lipinski definition) is 2. The molecular weight excluding hydrogens is 200 g/mol. The first-order valence-electron chi connectivity index (χ1n) is 5.19. The summed E-state index contributed by atoms with van der Waals surface area (Å²) in [5.41, 5.74) is 4.85. The maximum absolute atomic E-state index is 10.9. The predicted octanol–water partition coefficient (Wildman–Crippen LogP) is 2.61. The highest BCUT2D eigenvalue weighted by Crippen LogP contribution is 2.19. The van der Waals surface area contributed by atoms with Gasteiger partial charge in [-0.3, -0.25) is 9.78 Å². The van der Waals surface area contributed by atoms with Gasteiger partial charge in [-0.05, 0) is 38.5 Å². The molecule has 0 fully saturated rings. The van der Waals surface area contributed by atoms with E-state index in [0.29, 0.717) is 0 Å². The van der Waals surface area contributed by atoms with Crippen LogP contribution in [0.1, 0.15) is 27.3 Å². The molecule has 0 aliphatic rings. The number of hydrogen-bond donors (Lipinski definition) is 0. The van der Waals surface area contributed by atoms with Crippen molar-refractivity contribution in [3.63, 3.8) is 0 Å². The largest absolute Gasteiger partial charge is 0.316 e. The zero-order valence-corrected chi connectivity index (χ0v) is 9.69. The molecule has 3 heteroatoms. The van der Waals surface area contributed by atoms with E-state index in [-0.39, 0.29) is 0 Å². The Labute approximate surface area is 94.7 Å². The molecule has 2 aromatic heterocycles. The summed E-state index contributed by atoms with van der Waals surface area (Å²) in [5.74, 6) is 0. The van der Waals surface area contributed by atoms with Crippen LogP contribution in [0.15, 0.2) is 24.5 Å². The van der Waals surface area contributed by atoms with Crippen LogP contribution in [-0.4, -0.2) is 15.8 Å². The molecule has 0 saturated carbocycles. The Bertz CT molecular complexity index is 541. The minimum absolute atomic E-state index is 0.735. The molecule has 0 aliphatic carbocycles. The van der Waals surface area contributed by atoms with Gasteiger partial charge >= 0.3 is 0 Å². The SMILES string of the molecule is Cc1cncc(-n2c(C)cc(C=O)c2C)c1. The van der Waals surface area contributed by atoms with Gasteiger partial charge in [-0.1, -0.05) is 0 Å². The van der Waals surface area contributed by atoms with E-state index >= 15 is 0 Å². The Morgan fingerprint density at radius 3 is 2.50 bits per heavy atom. The molecule has 16 heavy (non-hydrogen) atoms. The van der Waals surface area contributed by atoms with Gasteiger partial charge in [0.1, 0.15) is 0 Å². The normalized spacial score (nSPS) is 10.4. The number of carbonyl (C=O) groups is 1. The summed E-state index contributed by atoms with van der Waals surface area (Å²) in [4.78, 5) is 15.0. The Balaban J connectivity index is 2.64. The topological polar surface area (TPSA) is 34.9 Å². The first kappa shape index (κ1) is 10.6. The molecule has 2 heterocycles. The van der Waals surface area contributed by atoms with Crippen molar-refractivity contribution < 1.29 is 4.79 Å². The summed E-state index contributed by atoms with van der Waals surface area (Å²) in [5, 5.41) is 0. The van der Waals surface area contributed by atoms with E-state index < -0.39 is 0 Å². The molecule has 0 N–H and O–H groups in total. The zero-order valence-electron chi connectivity index (χ0n) is 9.69. The van der Waals surface area contributed by atoms with Crippen LogP contribution in [0.4, 0.5) is 0 Å². The fourth-order valence-corrected chi connectivity index (χ4v) is 1.97. The number of aldehydes is 1. The third-order valence-electron chi connectivity index (χ3n) is 2.72. The molecule has 3 nitrogen and oxygen atoms in total. The Morgan fingerprint density at radius 2 is 1.94 bits per heavy atom. The standard InChI is InChI=1S/C13H14N2O/c1-9-4-13(7-14-6-9)15-10(2)5-12(8-16)11(15)3/h4-8H,1-3H3. The first-order chi connectivity index (χ1) is 7.63. The zero-order chi connectivity index (χ0) is 11.7. The van der Waals surface area contributed by atoms with Gasteiger partial charge in [-0.2, -0.15) is 0 Å². The van der Waals surface area contributed by atoms with Crippen molar-refractivity contribution in [2.75, 3.05) is 0 Å². The van der Waals surface area contributed by atoms with Gasteiger partial charge in [-0.25, -0.2) is 0 Å². The summed E-state index contributed by atoms with van der Waals surface area (Å²) >= 11 is 0. The molecule has 0 radical (unpaired) electrons. The van der Waals surface area contributed by atoms with Crippen molar-refractivity contribution in [2.45, 2.75) is 20.8 Å². The van der Waals surface area contributed by atoms with Crippen molar-refractivity contribution in [3.05, 3.63) is 47.0 Å². The highest BCUT2D eigenvalue weighted by atomic mass is 16.1. The van der Waals surface area contributed by atoms with Gasteiger partial charge < -0.3 is 4.57 Å². The van der Waals surface area contributed by atoms with Crippen molar-refractivity contribution >= 4 is 6.29 Å². The van der Waals surface area contributed by atoms with Crippen LogP contribution >= 0.6 is 0 Å². The molecule has 0 bridgehead atoms. The number of nitrogens with zero attached hydrogens (tertiary/aromatic N) is 2. The molecular formula is C13H14N2O. The van der Waals surface area contributed by atoms with E-state index in [1.807, 2.05) is 43.8 Å². The third-order valence-corrected chi connectivity index (χ3v) is 2.72. The lowest BCUT2D eigenvalue weighted by Crippen LogP contribution is -2.00. The van der Waals surface area contributed by atoms with E-state index in [1.165, 1.54) is 0 Å². The number of rotatable bonds is 2. The van der Waals surface area contributed by atoms with Gasteiger partial charge in [-0.15, -0.1) is 0 Å². The monoisotopic (exact) mass is 214 g/mol. The lowest BCUT2D eigenvalue weighted by Gasteiger charge is -2.09. The number of carbonyl (C=O) groups excluding carboxylic acids is 1. The average molecular weight is 214 g/mol. The van der Waals surface area contributed by atoms with E-state index in [4.69, 9.17) is 0 Å². The predicted molar refractivity (Wildman–Crippen MR) is 63.2 cm³/mol. The molecule has 82 valence electrons. The fourth-order valence-electron chi connectivity index (χ4n) is 1.97. The average Bonchev–Trinajstić information content (AvgIpc) is 2.53. The number of aromatic nitrogens is 2. The Hall–Kier alpha value is -1.90. The van der Waals surface area contributed by atoms with Gasteiger partial charge in [0.2, 0.25) is 0 Å². The van der Waals surface area contributed by atoms with E-state index in [0.717, 1.165) is 34.5 Å². The fraction of sp³-hybridized carbons (Fsp3) is 0.231. The van der Waals surface area contributed by atoms with E-state index in [9.17, 15) is 4.79 Å². The minimum atomic E-state index is 0.735. The quantitative estimate of drug-likeness (QED) is 0.720. The Morgan fingerprint density at radius 1 is 1.19 bits per heavy atom. The van der Waals surface area contributed by atoms with Gasteiger partial charge in [0.15, 0.2) is 6.29 Å². The summed E-state index contributed by atoms with van der Waals surface area (Å²) in [6, 6.07) is 3.95. The van der Waals surface area contributed by atoms with Crippen LogP contribution < -0.4 is 0 Å². The maximum Gasteiger partial charge on any atom is 0.151 e. The lowest BCUT2D eigenvalue weighted by molar-refractivity contribution is 0.112. The van der Waals surface area contributed by atoms with Crippen molar-refractivity contribution in [1.29, 1.82) is 0 Å². The molecule has 0 spiro atoms. The highest BCUT2D eigenvalue weighted by molar-refractivity contribution is 5.77. The van der Waals surface area contributed by atoms with Crippen LogP contribution in [0.5, 0.6) is 0 Å². The molecule has 2 aromatic rings. The number of pyridine rings is 1. The second-order valence-electron chi connectivity index (χ2n) is 4.00. The summed E-state index contributed by atoms with van der Waals surface area (Å²) in [6.45, 7) is 5.94. The minimum Gasteiger partial charge on any atom is -0.316 e. The Kier molecular flexibility index (Phi) is 2.60.